The smallest absolute Gasteiger partial charge is 0.332 e. The molecule has 5 heteroatoms. The highest BCUT2D eigenvalue weighted by atomic mass is 16.5. The summed E-state index contributed by atoms with van der Waals surface area (Å²) in [4.78, 5) is 25.1. The van der Waals surface area contributed by atoms with Crippen LogP contribution in [-0.2, 0) is 20.9 Å². The Balaban J connectivity index is 2.69. The van der Waals surface area contributed by atoms with E-state index in [-0.39, 0.29) is 6.61 Å². The molecule has 0 fully saturated rings. The van der Waals surface area contributed by atoms with Crippen molar-refractivity contribution in [2.45, 2.75) is 26.4 Å². The summed E-state index contributed by atoms with van der Waals surface area (Å²) >= 11 is 0. The zero-order valence-corrected chi connectivity index (χ0v) is 11.3. The van der Waals surface area contributed by atoms with Gasteiger partial charge < -0.3 is 15.4 Å². The van der Waals surface area contributed by atoms with Crippen molar-refractivity contribution in [3.8, 4) is 0 Å². The summed E-state index contributed by atoms with van der Waals surface area (Å²) in [5.74, 6) is -1.09. The van der Waals surface area contributed by atoms with Crippen molar-refractivity contribution in [1.82, 2.24) is 4.90 Å². The molecule has 1 unspecified atom stereocenters. The summed E-state index contributed by atoms with van der Waals surface area (Å²) in [6.07, 6.45) is 0. The summed E-state index contributed by atoms with van der Waals surface area (Å²) in [6, 6.07) is 8.31. The molecule has 0 aliphatic rings. The van der Waals surface area contributed by atoms with Crippen molar-refractivity contribution in [1.29, 1.82) is 0 Å². The van der Waals surface area contributed by atoms with Gasteiger partial charge in [-0.25, -0.2) is 4.79 Å². The lowest BCUT2D eigenvalue weighted by molar-refractivity contribution is -0.151. The van der Waals surface area contributed by atoms with E-state index in [2.05, 4.69) is 0 Å². The molecule has 0 spiro atoms. The number of nitrogens with two attached hydrogens (primary N) is 1. The number of amides is 1. The molecule has 0 bridgehead atoms. The lowest BCUT2D eigenvalue weighted by atomic mass is 10.2. The van der Waals surface area contributed by atoms with E-state index in [0.29, 0.717) is 13.1 Å². The molecule has 0 saturated carbocycles. The Morgan fingerprint density at radius 1 is 1.26 bits per heavy atom. The maximum atomic E-state index is 12.1. The molecule has 1 atom stereocenters. The Bertz CT molecular complexity index is 420. The molecule has 1 aromatic rings. The molecule has 0 aliphatic heterocycles. The van der Waals surface area contributed by atoms with Crippen LogP contribution in [0.15, 0.2) is 30.3 Å². The minimum Gasteiger partial charge on any atom is -0.464 e. The summed E-state index contributed by atoms with van der Waals surface area (Å²) < 4.78 is 4.76. The number of hydrogen-bond acceptors (Lipinski definition) is 4. The molecule has 19 heavy (non-hydrogen) atoms. The van der Waals surface area contributed by atoms with E-state index in [1.807, 2.05) is 37.3 Å². The average Bonchev–Trinajstić information content (AvgIpc) is 2.44. The van der Waals surface area contributed by atoms with Gasteiger partial charge in [0.15, 0.2) is 6.04 Å². The SMILES string of the molecule is CCOC(=O)C(N)C(=O)N(CC)Cc1ccccc1. The van der Waals surface area contributed by atoms with E-state index < -0.39 is 17.9 Å². The Kier molecular flexibility index (Phi) is 6.02. The number of rotatable bonds is 6. The molecule has 2 N–H and O–H groups in total. The van der Waals surface area contributed by atoms with Crippen LogP contribution in [0.5, 0.6) is 0 Å². The van der Waals surface area contributed by atoms with E-state index in [0.717, 1.165) is 5.56 Å². The van der Waals surface area contributed by atoms with Crippen molar-refractivity contribution in [3.05, 3.63) is 35.9 Å². The van der Waals surface area contributed by atoms with Crippen LogP contribution in [0.3, 0.4) is 0 Å². The van der Waals surface area contributed by atoms with E-state index in [9.17, 15) is 9.59 Å². The van der Waals surface area contributed by atoms with Gasteiger partial charge in [-0.1, -0.05) is 30.3 Å². The van der Waals surface area contributed by atoms with E-state index >= 15 is 0 Å². The maximum Gasteiger partial charge on any atom is 0.332 e. The monoisotopic (exact) mass is 264 g/mol. The van der Waals surface area contributed by atoms with Gasteiger partial charge in [0.1, 0.15) is 0 Å². The zero-order valence-electron chi connectivity index (χ0n) is 11.3. The Labute approximate surface area is 113 Å². The Hall–Kier alpha value is -1.88. The van der Waals surface area contributed by atoms with Crippen molar-refractivity contribution >= 4 is 11.9 Å². The molecule has 0 aliphatic carbocycles. The first-order valence-corrected chi connectivity index (χ1v) is 6.35. The fourth-order valence-corrected chi connectivity index (χ4v) is 1.68. The fourth-order valence-electron chi connectivity index (χ4n) is 1.68. The first kappa shape index (κ1) is 15.2. The van der Waals surface area contributed by atoms with Crippen LogP contribution in [0.2, 0.25) is 0 Å². The van der Waals surface area contributed by atoms with Gasteiger partial charge in [0.05, 0.1) is 6.61 Å². The summed E-state index contributed by atoms with van der Waals surface area (Å²) in [7, 11) is 0. The second kappa shape index (κ2) is 7.53. The van der Waals surface area contributed by atoms with E-state index in [1.54, 1.807) is 6.92 Å². The number of carbonyl (C=O) groups is 2. The second-order valence-electron chi connectivity index (χ2n) is 4.07. The predicted molar refractivity (Wildman–Crippen MR) is 72.1 cm³/mol. The first-order chi connectivity index (χ1) is 9.10. The minimum absolute atomic E-state index is 0.213. The number of esters is 1. The molecule has 5 nitrogen and oxygen atoms in total. The number of carbonyl (C=O) groups excluding carboxylic acids is 2. The number of ether oxygens (including phenoxy) is 1. The van der Waals surface area contributed by atoms with Crippen molar-refractivity contribution < 1.29 is 14.3 Å². The van der Waals surface area contributed by atoms with Crippen molar-refractivity contribution in [3.63, 3.8) is 0 Å². The number of nitrogens with zero attached hydrogens (tertiary/aromatic N) is 1. The van der Waals surface area contributed by atoms with Gasteiger partial charge in [-0.15, -0.1) is 0 Å². The van der Waals surface area contributed by atoms with Gasteiger partial charge in [0, 0.05) is 13.1 Å². The quantitative estimate of drug-likeness (QED) is 0.612. The summed E-state index contributed by atoms with van der Waals surface area (Å²) in [5.41, 5.74) is 6.61. The lowest BCUT2D eigenvalue weighted by Gasteiger charge is -2.23. The number of benzene rings is 1. The van der Waals surface area contributed by atoms with Crippen LogP contribution in [0.1, 0.15) is 19.4 Å². The zero-order chi connectivity index (χ0) is 14.3. The molecular weight excluding hydrogens is 244 g/mol. The van der Waals surface area contributed by atoms with Crippen LogP contribution in [0.4, 0.5) is 0 Å². The van der Waals surface area contributed by atoms with Gasteiger partial charge in [0.2, 0.25) is 0 Å². The molecule has 1 amide bonds. The highest BCUT2D eigenvalue weighted by Crippen LogP contribution is 2.06. The summed E-state index contributed by atoms with van der Waals surface area (Å²) in [5, 5.41) is 0. The maximum absolute atomic E-state index is 12.1. The van der Waals surface area contributed by atoms with Crippen LogP contribution >= 0.6 is 0 Å². The molecule has 0 heterocycles. The minimum atomic E-state index is -1.25. The van der Waals surface area contributed by atoms with Gasteiger partial charge in [-0.05, 0) is 19.4 Å². The summed E-state index contributed by atoms with van der Waals surface area (Å²) in [6.45, 7) is 4.66. The fraction of sp³-hybridized carbons (Fsp3) is 0.429. The van der Waals surface area contributed by atoms with Crippen LogP contribution in [0, 0.1) is 0 Å². The molecular formula is C14H20N2O3. The molecule has 1 aromatic carbocycles. The van der Waals surface area contributed by atoms with Crippen LogP contribution in [0.25, 0.3) is 0 Å². The average molecular weight is 264 g/mol. The highest BCUT2D eigenvalue weighted by molar-refractivity contribution is 6.01. The van der Waals surface area contributed by atoms with Crippen molar-refractivity contribution in [2.75, 3.05) is 13.2 Å². The largest absolute Gasteiger partial charge is 0.464 e. The molecule has 0 aromatic heterocycles. The number of hydrogen-bond donors (Lipinski definition) is 1. The lowest BCUT2D eigenvalue weighted by Crippen LogP contribution is -2.48. The third-order valence-corrected chi connectivity index (χ3v) is 2.72. The third-order valence-electron chi connectivity index (χ3n) is 2.72. The predicted octanol–water partition coefficient (Wildman–Crippen LogP) is 0.925. The van der Waals surface area contributed by atoms with E-state index in [4.69, 9.17) is 10.5 Å². The Morgan fingerprint density at radius 3 is 2.42 bits per heavy atom. The van der Waals surface area contributed by atoms with Crippen LogP contribution in [-0.4, -0.2) is 36.0 Å². The van der Waals surface area contributed by atoms with Crippen LogP contribution < -0.4 is 5.73 Å². The molecule has 104 valence electrons. The van der Waals surface area contributed by atoms with Gasteiger partial charge in [-0.2, -0.15) is 0 Å². The highest BCUT2D eigenvalue weighted by Gasteiger charge is 2.27. The van der Waals surface area contributed by atoms with Gasteiger partial charge in [-0.3, -0.25) is 4.79 Å². The standard InChI is InChI=1S/C14H20N2O3/c1-3-16(10-11-8-6-5-7-9-11)13(17)12(15)14(18)19-4-2/h5-9,12H,3-4,10,15H2,1-2H3. The first-order valence-electron chi connectivity index (χ1n) is 6.35. The molecule has 0 saturated heterocycles. The van der Waals surface area contributed by atoms with Crippen molar-refractivity contribution in [2.24, 2.45) is 5.73 Å². The topological polar surface area (TPSA) is 72.6 Å². The van der Waals surface area contributed by atoms with Gasteiger partial charge >= 0.3 is 5.97 Å². The van der Waals surface area contributed by atoms with E-state index in [1.165, 1.54) is 4.90 Å². The molecule has 0 radical (unpaired) electrons. The normalized spacial score (nSPS) is 11.7. The second-order valence-corrected chi connectivity index (χ2v) is 4.07. The molecule has 1 rings (SSSR count). The van der Waals surface area contributed by atoms with Gasteiger partial charge in [0.25, 0.3) is 5.91 Å². The number of likely N-dealkylation sites (N-methyl/N-ethyl adjacent to an activating group) is 1. The Morgan fingerprint density at radius 2 is 1.89 bits per heavy atom. The third kappa shape index (κ3) is 4.37.